The summed E-state index contributed by atoms with van der Waals surface area (Å²) in [7, 11) is 0. The number of ketones is 1. The van der Waals surface area contributed by atoms with Crippen molar-refractivity contribution in [3.63, 3.8) is 0 Å². The van der Waals surface area contributed by atoms with E-state index in [2.05, 4.69) is 33.8 Å². The third kappa shape index (κ3) is 1.69. The second kappa shape index (κ2) is 3.97. The lowest BCUT2D eigenvalue weighted by Crippen LogP contribution is -2.23. The van der Waals surface area contributed by atoms with Gasteiger partial charge in [-0.3, -0.25) is 4.79 Å². The van der Waals surface area contributed by atoms with Crippen LogP contribution in [0.5, 0.6) is 0 Å². The van der Waals surface area contributed by atoms with Crippen LogP contribution >= 0.6 is 15.9 Å². The minimum absolute atomic E-state index is 0.0375. The standard InChI is InChI=1S/C12H14BrNO/c1-3-14-7-9(8(2)15)12-10(13)5-4-6-11(12)14/h4-6,9H,3,7H2,1-2H3. The van der Waals surface area contributed by atoms with Crippen LogP contribution in [0.15, 0.2) is 22.7 Å². The summed E-state index contributed by atoms with van der Waals surface area (Å²) in [6.07, 6.45) is 0. The number of nitrogens with zero attached hydrogens (tertiary/aromatic N) is 1. The van der Waals surface area contributed by atoms with Crippen LogP contribution in [0.1, 0.15) is 25.3 Å². The van der Waals surface area contributed by atoms with E-state index in [0.717, 1.165) is 23.1 Å². The molecule has 1 aromatic rings. The van der Waals surface area contributed by atoms with Gasteiger partial charge < -0.3 is 4.90 Å². The average molecular weight is 268 g/mol. The fourth-order valence-electron chi connectivity index (χ4n) is 2.19. The molecule has 0 spiro atoms. The molecule has 2 nitrogen and oxygen atoms in total. The number of anilines is 1. The summed E-state index contributed by atoms with van der Waals surface area (Å²) in [6.45, 7) is 5.57. The Bertz CT molecular complexity index is 403. The molecule has 1 aromatic carbocycles. The quantitative estimate of drug-likeness (QED) is 0.821. The Labute approximate surface area is 98.4 Å². The van der Waals surface area contributed by atoms with Crippen molar-refractivity contribution < 1.29 is 4.79 Å². The topological polar surface area (TPSA) is 20.3 Å². The van der Waals surface area contributed by atoms with Gasteiger partial charge in [0.15, 0.2) is 0 Å². The molecule has 1 heterocycles. The molecule has 0 N–H and O–H groups in total. The zero-order chi connectivity index (χ0) is 11.0. The van der Waals surface area contributed by atoms with Gasteiger partial charge in [-0.2, -0.15) is 0 Å². The highest BCUT2D eigenvalue weighted by Gasteiger charge is 2.32. The zero-order valence-corrected chi connectivity index (χ0v) is 10.5. The molecule has 80 valence electrons. The number of rotatable bonds is 2. The lowest BCUT2D eigenvalue weighted by molar-refractivity contribution is -0.118. The molecular weight excluding hydrogens is 254 g/mol. The van der Waals surface area contributed by atoms with E-state index >= 15 is 0 Å². The fourth-order valence-corrected chi connectivity index (χ4v) is 2.82. The number of halogens is 1. The van der Waals surface area contributed by atoms with Gasteiger partial charge in [0.1, 0.15) is 5.78 Å². The maximum absolute atomic E-state index is 11.6. The van der Waals surface area contributed by atoms with Gasteiger partial charge in [0.25, 0.3) is 0 Å². The van der Waals surface area contributed by atoms with Crippen LogP contribution in [0, 0.1) is 0 Å². The molecule has 15 heavy (non-hydrogen) atoms. The van der Waals surface area contributed by atoms with Crippen LogP contribution in [0.3, 0.4) is 0 Å². The lowest BCUT2D eigenvalue weighted by atomic mass is 9.98. The largest absolute Gasteiger partial charge is 0.370 e. The first kappa shape index (κ1) is 10.7. The van der Waals surface area contributed by atoms with Crippen LogP contribution < -0.4 is 4.90 Å². The molecule has 0 saturated heterocycles. The first-order chi connectivity index (χ1) is 7.15. The van der Waals surface area contributed by atoms with Gasteiger partial charge in [-0.25, -0.2) is 0 Å². The van der Waals surface area contributed by atoms with E-state index in [-0.39, 0.29) is 11.7 Å². The molecule has 0 radical (unpaired) electrons. The van der Waals surface area contributed by atoms with E-state index in [9.17, 15) is 4.79 Å². The van der Waals surface area contributed by atoms with Crippen LogP contribution in [0.2, 0.25) is 0 Å². The monoisotopic (exact) mass is 267 g/mol. The van der Waals surface area contributed by atoms with E-state index in [1.54, 1.807) is 6.92 Å². The van der Waals surface area contributed by atoms with Crippen molar-refractivity contribution in [1.29, 1.82) is 0 Å². The summed E-state index contributed by atoms with van der Waals surface area (Å²) in [4.78, 5) is 13.8. The summed E-state index contributed by atoms with van der Waals surface area (Å²) >= 11 is 3.53. The molecule has 0 aliphatic carbocycles. The van der Waals surface area contributed by atoms with Crippen molar-refractivity contribution in [3.05, 3.63) is 28.2 Å². The molecule has 1 aliphatic rings. The molecule has 1 atom stereocenters. The normalized spacial score (nSPS) is 19.1. The summed E-state index contributed by atoms with van der Waals surface area (Å²) in [6, 6.07) is 6.12. The number of hydrogen-bond acceptors (Lipinski definition) is 2. The van der Waals surface area contributed by atoms with Crippen molar-refractivity contribution in [1.82, 2.24) is 0 Å². The molecule has 2 rings (SSSR count). The van der Waals surface area contributed by atoms with Crippen LogP contribution in [-0.2, 0) is 4.79 Å². The van der Waals surface area contributed by atoms with Crippen LogP contribution in [0.25, 0.3) is 0 Å². The van der Waals surface area contributed by atoms with Crippen molar-refractivity contribution in [2.45, 2.75) is 19.8 Å². The maximum Gasteiger partial charge on any atom is 0.139 e. The zero-order valence-electron chi connectivity index (χ0n) is 8.96. The first-order valence-corrected chi connectivity index (χ1v) is 5.98. The number of likely N-dealkylation sites (N-methyl/N-ethyl adjacent to an activating group) is 1. The molecular formula is C12H14BrNO. The second-order valence-corrected chi connectivity index (χ2v) is 4.73. The molecule has 0 fully saturated rings. The highest BCUT2D eigenvalue weighted by molar-refractivity contribution is 9.10. The molecule has 3 heteroatoms. The third-order valence-electron chi connectivity index (χ3n) is 2.99. The van der Waals surface area contributed by atoms with E-state index < -0.39 is 0 Å². The summed E-state index contributed by atoms with van der Waals surface area (Å²) in [5.41, 5.74) is 2.36. The van der Waals surface area contributed by atoms with Crippen molar-refractivity contribution in [2.24, 2.45) is 0 Å². The molecule has 0 saturated carbocycles. The second-order valence-electron chi connectivity index (χ2n) is 3.87. The van der Waals surface area contributed by atoms with Gasteiger partial charge >= 0.3 is 0 Å². The highest BCUT2D eigenvalue weighted by Crippen LogP contribution is 2.40. The Hall–Kier alpha value is -0.830. The number of carbonyl (C=O) groups excluding carboxylic acids is 1. The van der Waals surface area contributed by atoms with Crippen LogP contribution in [-0.4, -0.2) is 18.9 Å². The van der Waals surface area contributed by atoms with Gasteiger partial charge in [-0.15, -0.1) is 0 Å². The number of fused-ring (bicyclic) bond motifs is 1. The minimum Gasteiger partial charge on any atom is -0.370 e. The minimum atomic E-state index is 0.0375. The van der Waals surface area contributed by atoms with Crippen molar-refractivity contribution in [2.75, 3.05) is 18.0 Å². The predicted octanol–water partition coefficient (Wildman–Crippen LogP) is 2.96. The van der Waals surface area contributed by atoms with E-state index in [0.29, 0.717) is 0 Å². The number of carbonyl (C=O) groups is 1. The Balaban J connectivity index is 2.52. The molecule has 0 amide bonds. The summed E-state index contributed by atoms with van der Waals surface area (Å²) in [5.74, 6) is 0.287. The SMILES string of the molecule is CCN1CC(C(C)=O)c2c(Br)cccc21. The van der Waals surface area contributed by atoms with Gasteiger partial charge in [0.05, 0.1) is 5.92 Å². The molecule has 1 unspecified atom stereocenters. The Kier molecular flexibility index (Phi) is 2.83. The first-order valence-electron chi connectivity index (χ1n) is 5.19. The predicted molar refractivity (Wildman–Crippen MR) is 65.5 cm³/mol. The Morgan fingerprint density at radius 3 is 2.93 bits per heavy atom. The summed E-state index contributed by atoms with van der Waals surface area (Å²) < 4.78 is 1.05. The highest BCUT2D eigenvalue weighted by atomic mass is 79.9. The van der Waals surface area contributed by atoms with Gasteiger partial charge in [-0.1, -0.05) is 22.0 Å². The van der Waals surface area contributed by atoms with E-state index in [4.69, 9.17) is 0 Å². The van der Waals surface area contributed by atoms with Crippen LogP contribution in [0.4, 0.5) is 5.69 Å². The molecule has 1 aliphatic heterocycles. The fraction of sp³-hybridized carbons (Fsp3) is 0.417. The van der Waals surface area contributed by atoms with E-state index in [1.807, 2.05) is 12.1 Å². The van der Waals surface area contributed by atoms with Gasteiger partial charge in [0.2, 0.25) is 0 Å². The van der Waals surface area contributed by atoms with Gasteiger partial charge in [0, 0.05) is 28.8 Å². The average Bonchev–Trinajstić information content (AvgIpc) is 2.58. The van der Waals surface area contributed by atoms with Crippen molar-refractivity contribution >= 4 is 27.4 Å². The maximum atomic E-state index is 11.6. The number of Topliss-reactive ketones (excluding diaryl/α,β-unsaturated/α-hetero) is 1. The van der Waals surface area contributed by atoms with E-state index in [1.165, 1.54) is 5.69 Å². The molecule has 0 bridgehead atoms. The van der Waals surface area contributed by atoms with Crippen molar-refractivity contribution in [3.8, 4) is 0 Å². The Morgan fingerprint density at radius 2 is 2.33 bits per heavy atom. The smallest absolute Gasteiger partial charge is 0.139 e. The molecule has 0 aromatic heterocycles. The number of benzene rings is 1. The lowest BCUT2D eigenvalue weighted by Gasteiger charge is -2.16. The summed E-state index contributed by atoms with van der Waals surface area (Å²) in [5, 5.41) is 0. The van der Waals surface area contributed by atoms with Gasteiger partial charge in [-0.05, 0) is 26.0 Å². The third-order valence-corrected chi connectivity index (χ3v) is 3.69. The number of hydrogen-bond donors (Lipinski definition) is 0. The Morgan fingerprint density at radius 1 is 1.60 bits per heavy atom.